The van der Waals surface area contributed by atoms with Crippen LogP contribution in [0.2, 0.25) is 10.0 Å². The van der Waals surface area contributed by atoms with Crippen molar-refractivity contribution in [1.29, 1.82) is 0 Å². The number of methoxy groups -OCH3 is 1. The minimum absolute atomic E-state index is 0.241. The maximum absolute atomic E-state index is 12.2. The van der Waals surface area contributed by atoms with Gasteiger partial charge in [0.05, 0.1) is 17.8 Å². The Kier molecular flexibility index (Phi) is 8.59. The van der Waals surface area contributed by atoms with Gasteiger partial charge in [-0.1, -0.05) is 29.3 Å². The molecular formula is C22H16BrCl2IN2O3. The zero-order valence-corrected chi connectivity index (χ0v) is 21.4. The molecular weight excluding hydrogens is 618 g/mol. The molecule has 5 nitrogen and oxygen atoms in total. The molecule has 3 aromatic rings. The lowest BCUT2D eigenvalue weighted by molar-refractivity contribution is 0.0955. The van der Waals surface area contributed by atoms with Gasteiger partial charge in [-0.3, -0.25) is 4.79 Å². The molecule has 0 bridgehead atoms. The minimum Gasteiger partial charge on any atom is -0.493 e. The summed E-state index contributed by atoms with van der Waals surface area (Å²) in [6.07, 6.45) is 1.53. The van der Waals surface area contributed by atoms with Gasteiger partial charge in [0.1, 0.15) is 6.61 Å². The molecule has 31 heavy (non-hydrogen) atoms. The highest BCUT2D eigenvalue weighted by atomic mass is 127. The van der Waals surface area contributed by atoms with Crippen LogP contribution in [0.1, 0.15) is 21.5 Å². The number of carbonyl (C=O) groups excluding carboxylic acids is 1. The monoisotopic (exact) mass is 632 g/mol. The quantitative estimate of drug-likeness (QED) is 0.179. The van der Waals surface area contributed by atoms with Crippen molar-refractivity contribution in [2.45, 2.75) is 6.61 Å². The largest absolute Gasteiger partial charge is 0.493 e. The first kappa shape index (κ1) is 23.8. The minimum atomic E-state index is -0.293. The van der Waals surface area contributed by atoms with Crippen molar-refractivity contribution in [3.63, 3.8) is 0 Å². The third kappa shape index (κ3) is 6.58. The molecule has 1 amide bonds. The van der Waals surface area contributed by atoms with Crippen LogP contribution >= 0.6 is 61.7 Å². The summed E-state index contributed by atoms with van der Waals surface area (Å²) >= 11 is 17.8. The fourth-order valence-electron chi connectivity index (χ4n) is 2.57. The van der Waals surface area contributed by atoms with E-state index in [0.717, 1.165) is 9.13 Å². The van der Waals surface area contributed by atoms with Gasteiger partial charge in [0.2, 0.25) is 0 Å². The van der Waals surface area contributed by atoms with E-state index >= 15 is 0 Å². The lowest BCUT2D eigenvalue weighted by Crippen LogP contribution is -2.17. The Balaban J connectivity index is 1.70. The molecule has 0 aliphatic rings. The SMILES string of the molecule is COc1cc(/C=N\NC(=O)c2ccc(I)cc2)cc(Br)c1OCc1ccc(Cl)cc1Cl. The predicted octanol–water partition coefficient (Wildman–Crippen LogP) is 6.71. The first-order chi connectivity index (χ1) is 14.9. The van der Waals surface area contributed by atoms with Crippen LogP contribution in [0.5, 0.6) is 11.5 Å². The zero-order chi connectivity index (χ0) is 22.4. The maximum Gasteiger partial charge on any atom is 0.271 e. The van der Waals surface area contributed by atoms with Crippen LogP contribution in [0.4, 0.5) is 0 Å². The molecule has 160 valence electrons. The Bertz CT molecular complexity index is 1120. The summed E-state index contributed by atoms with van der Waals surface area (Å²) in [6, 6.07) is 16.0. The summed E-state index contributed by atoms with van der Waals surface area (Å²) in [4.78, 5) is 12.2. The average molecular weight is 634 g/mol. The van der Waals surface area contributed by atoms with Gasteiger partial charge in [-0.25, -0.2) is 5.43 Å². The van der Waals surface area contributed by atoms with Crippen molar-refractivity contribution in [1.82, 2.24) is 5.43 Å². The van der Waals surface area contributed by atoms with Gasteiger partial charge in [0.25, 0.3) is 5.91 Å². The van der Waals surface area contributed by atoms with Gasteiger partial charge in [-0.15, -0.1) is 0 Å². The topological polar surface area (TPSA) is 59.9 Å². The van der Waals surface area contributed by atoms with E-state index < -0.39 is 0 Å². The summed E-state index contributed by atoms with van der Waals surface area (Å²) < 4.78 is 13.1. The van der Waals surface area contributed by atoms with Crippen molar-refractivity contribution in [2.24, 2.45) is 5.10 Å². The van der Waals surface area contributed by atoms with E-state index in [0.29, 0.717) is 37.1 Å². The molecule has 1 N–H and O–H groups in total. The molecule has 0 aliphatic heterocycles. The van der Waals surface area contributed by atoms with E-state index in [1.165, 1.54) is 6.21 Å². The molecule has 3 aromatic carbocycles. The number of hydrazone groups is 1. The fraction of sp³-hybridized carbons (Fsp3) is 0.0909. The number of halogens is 4. The van der Waals surface area contributed by atoms with E-state index in [9.17, 15) is 4.79 Å². The van der Waals surface area contributed by atoms with E-state index in [-0.39, 0.29) is 12.5 Å². The van der Waals surface area contributed by atoms with E-state index in [4.69, 9.17) is 32.7 Å². The van der Waals surface area contributed by atoms with Crippen molar-refractivity contribution >= 4 is 73.8 Å². The molecule has 3 rings (SSSR count). The Morgan fingerprint density at radius 2 is 1.90 bits per heavy atom. The summed E-state index contributed by atoms with van der Waals surface area (Å²) in [7, 11) is 1.55. The number of nitrogens with one attached hydrogen (secondary N) is 1. The number of amides is 1. The highest BCUT2D eigenvalue weighted by molar-refractivity contribution is 14.1. The predicted molar refractivity (Wildman–Crippen MR) is 136 cm³/mol. The lowest BCUT2D eigenvalue weighted by Gasteiger charge is -2.14. The summed E-state index contributed by atoms with van der Waals surface area (Å²) in [5.74, 6) is 0.733. The van der Waals surface area contributed by atoms with E-state index in [1.54, 1.807) is 37.4 Å². The van der Waals surface area contributed by atoms with Gasteiger partial charge in [0, 0.05) is 24.7 Å². The highest BCUT2D eigenvalue weighted by Crippen LogP contribution is 2.37. The van der Waals surface area contributed by atoms with Gasteiger partial charge in [-0.2, -0.15) is 5.10 Å². The summed E-state index contributed by atoms with van der Waals surface area (Å²) in [6.45, 7) is 0.241. The number of ether oxygens (including phenoxy) is 2. The van der Waals surface area contributed by atoms with E-state index in [2.05, 4.69) is 49.0 Å². The smallest absolute Gasteiger partial charge is 0.271 e. The standard InChI is InChI=1S/C22H16BrCl2IN2O3/c1-30-20-9-13(11-27-28-22(29)14-3-6-17(26)7-4-14)8-18(23)21(20)31-12-15-2-5-16(24)10-19(15)25/h2-11H,12H2,1H3,(H,28,29)/b27-11-. The van der Waals surface area contributed by atoms with Crippen LogP contribution in [0.25, 0.3) is 0 Å². The second kappa shape index (κ2) is 11.2. The summed E-state index contributed by atoms with van der Waals surface area (Å²) in [5, 5.41) is 5.11. The Morgan fingerprint density at radius 3 is 2.58 bits per heavy atom. The molecule has 0 saturated carbocycles. The molecule has 0 fully saturated rings. The van der Waals surface area contributed by atoms with E-state index in [1.807, 2.05) is 24.3 Å². The molecule has 0 radical (unpaired) electrons. The van der Waals surface area contributed by atoms with Crippen LogP contribution in [0.15, 0.2) is 64.2 Å². The summed E-state index contributed by atoms with van der Waals surface area (Å²) in [5.41, 5.74) is 4.55. The van der Waals surface area contributed by atoms with Gasteiger partial charge in [-0.05, 0) is 92.6 Å². The normalized spacial score (nSPS) is 10.9. The van der Waals surface area contributed by atoms with Gasteiger partial charge < -0.3 is 9.47 Å². The fourth-order valence-corrected chi connectivity index (χ4v) is 3.97. The Morgan fingerprint density at radius 1 is 1.16 bits per heavy atom. The number of carbonyl (C=O) groups is 1. The van der Waals surface area contributed by atoms with Gasteiger partial charge in [0.15, 0.2) is 11.5 Å². The number of rotatable bonds is 7. The van der Waals surface area contributed by atoms with Crippen LogP contribution in [-0.2, 0) is 6.61 Å². The third-order valence-electron chi connectivity index (χ3n) is 4.13. The Labute approximate surface area is 212 Å². The molecule has 0 aliphatic carbocycles. The van der Waals surface area contributed by atoms with Crippen molar-refractivity contribution in [3.8, 4) is 11.5 Å². The van der Waals surface area contributed by atoms with Crippen LogP contribution in [0.3, 0.4) is 0 Å². The molecule has 0 aromatic heterocycles. The maximum atomic E-state index is 12.2. The van der Waals surface area contributed by atoms with Crippen LogP contribution in [0, 0.1) is 3.57 Å². The zero-order valence-electron chi connectivity index (χ0n) is 16.2. The highest BCUT2D eigenvalue weighted by Gasteiger charge is 2.13. The molecule has 9 heteroatoms. The lowest BCUT2D eigenvalue weighted by atomic mass is 10.2. The second-order valence-corrected chi connectivity index (χ2v) is 9.21. The third-order valence-corrected chi connectivity index (χ3v) is 6.02. The van der Waals surface area contributed by atoms with Crippen LogP contribution in [-0.4, -0.2) is 19.2 Å². The number of nitrogens with zero attached hydrogens (tertiary/aromatic N) is 1. The van der Waals surface area contributed by atoms with Gasteiger partial charge >= 0.3 is 0 Å². The second-order valence-electron chi connectivity index (χ2n) is 6.26. The molecule has 0 saturated heterocycles. The van der Waals surface area contributed by atoms with Crippen LogP contribution < -0.4 is 14.9 Å². The number of benzene rings is 3. The average Bonchev–Trinajstić information content (AvgIpc) is 2.74. The molecule has 0 heterocycles. The number of hydrogen-bond acceptors (Lipinski definition) is 4. The van der Waals surface area contributed by atoms with Crippen molar-refractivity contribution in [2.75, 3.05) is 7.11 Å². The first-order valence-electron chi connectivity index (χ1n) is 8.90. The Hall–Kier alpha value is -1.81. The molecule has 0 unspecified atom stereocenters. The number of hydrogen-bond donors (Lipinski definition) is 1. The molecule has 0 atom stereocenters. The molecule has 0 spiro atoms. The van der Waals surface area contributed by atoms with Crippen molar-refractivity contribution < 1.29 is 14.3 Å². The van der Waals surface area contributed by atoms with Crippen molar-refractivity contribution in [3.05, 3.63) is 89.4 Å². The first-order valence-corrected chi connectivity index (χ1v) is 11.5.